The Morgan fingerprint density at radius 3 is 2.88 bits per heavy atom. The molecule has 0 saturated carbocycles. The largest absolute Gasteiger partial charge is 0.351 e. The minimum Gasteiger partial charge on any atom is -0.351 e. The molecule has 0 spiro atoms. The molecule has 0 aliphatic rings. The Labute approximate surface area is 157 Å². The van der Waals surface area contributed by atoms with Crippen molar-refractivity contribution in [2.75, 3.05) is 6.54 Å². The molecule has 1 amide bonds. The Bertz CT molecular complexity index is 1080. The molecule has 8 heteroatoms. The van der Waals surface area contributed by atoms with Gasteiger partial charge in [-0.15, -0.1) is 27.8 Å². The Kier molecular flexibility index (Phi) is 4.52. The summed E-state index contributed by atoms with van der Waals surface area (Å²) >= 11 is 2.89. The summed E-state index contributed by atoms with van der Waals surface area (Å²) in [5.74, 6) is -0.0414. The maximum Gasteiger partial charge on any atom is 0.261 e. The van der Waals surface area contributed by atoms with Crippen molar-refractivity contribution >= 4 is 33.5 Å². The minimum atomic E-state index is -0.342. The maximum atomic E-state index is 13.9. The van der Waals surface area contributed by atoms with Crippen molar-refractivity contribution < 1.29 is 9.18 Å². The van der Waals surface area contributed by atoms with E-state index >= 15 is 0 Å². The van der Waals surface area contributed by atoms with Gasteiger partial charge in [0.05, 0.1) is 16.1 Å². The lowest BCUT2D eigenvalue weighted by molar-refractivity contribution is 0.0958. The highest BCUT2D eigenvalue weighted by molar-refractivity contribution is 7.15. The van der Waals surface area contributed by atoms with E-state index in [-0.39, 0.29) is 11.7 Å². The molecule has 1 aromatic carbocycles. The lowest BCUT2D eigenvalue weighted by Crippen LogP contribution is -2.25. The molecule has 0 unspecified atom stereocenters. The number of aryl methyl sites for hydroxylation is 1. The molecule has 26 heavy (non-hydrogen) atoms. The Hall–Kier alpha value is -2.58. The number of thiazole rings is 1. The van der Waals surface area contributed by atoms with Gasteiger partial charge in [-0.3, -0.25) is 4.79 Å². The van der Waals surface area contributed by atoms with Crippen LogP contribution in [0.15, 0.2) is 41.1 Å². The number of aromatic nitrogens is 3. The summed E-state index contributed by atoms with van der Waals surface area (Å²) in [6.07, 6.45) is 0.621. The van der Waals surface area contributed by atoms with E-state index in [1.54, 1.807) is 22.7 Å². The highest BCUT2D eigenvalue weighted by Crippen LogP contribution is 2.23. The summed E-state index contributed by atoms with van der Waals surface area (Å²) < 4.78 is 15.6. The van der Waals surface area contributed by atoms with E-state index in [1.165, 1.54) is 28.7 Å². The number of hydrogen-bond donors (Lipinski definition) is 1. The van der Waals surface area contributed by atoms with E-state index in [0.29, 0.717) is 34.2 Å². The fourth-order valence-electron chi connectivity index (χ4n) is 2.59. The molecule has 4 aromatic rings. The lowest BCUT2D eigenvalue weighted by Gasteiger charge is -2.02. The van der Waals surface area contributed by atoms with Gasteiger partial charge in [0.25, 0.3) is 5.91 Å². The zero-order chi connectivity index (χ0) is 18.1. The first-order valence-corrected chi connectivity index (χ1v) is 9.79. The van der Waals surface area contributed by atoms with Gasteiger partial charge in [-0.05, 0) is 36.1 Å². The molecule has 5 nitrogen and oxygen atoms in total. The summed E-state index contributed by atoms with van der Waals surface area (Å²) in [6, 6.07) is 8.34. The third-order valence-electron chi connectivity index (χ3n) is 3.89. The van der Waals surface area contributed by atoms with Crippen LogP contribution in [0.1, 0.15) is 20.9 Å². The standard InChI is InChI=1S/C18H15FN4OS2/c1-11-8-15(25-9-11)17(24)20-7-6-12-10-26-18-21-16(22-23(12)18)13-4-2-3-5-14(13)19/h2-5,8-10H,6-7H2,1H3,(H,20,24). The van der Waals surface area contributed by atoms with Crippen LogP contribution in [-0.2, 0) is 6.42 Å². The van der Waals surface area contributed by atoms with Crippen LogP contribution < -0.4 is 5.32 Å². The van der Waals surface area contributed by atoms with Crippen molar-refractivity contribution in [3.8, 4) is 11.4 Å². The number of nitrogens with zero attached hydrogens (tertiary/aromatic N) is 3. The predicted molar refractivity (Wildman–Crippen MR) is 101 cm³/mol. The minimum absolute atomic E-state index is 0.0693. The van der Waals surface area contributed by atoms with Crippen molar-refractivity contribution in [3.05, 3.63) is 63.0 Å². The average molecular weight is 386 g/mol. The molecule has 0 aliphatic carbocycles. The molecule has 0 radical (unpaired) electrons. The van der Waals surface area contributed by atoms with E-state index in [0.717, 1.165) is 11.3 Å². The van der Waals surface area contributed by atoms with Crippen molar-refractivity contribution in [3.63, 3.8) is 0 Å². The number of benzene rings is 1. The van der Waals surface area contributed by atoms with Gasteiger partial charge in [0.15, 0.2) is 5.82 Å². The first kappa shape index (κ1) is 16.9. The number of carbonyl (C=O) groups excluding carboxylic acids is 1. The van der Waals surface area contributed by atoms with E-state index in [1.807, 2.05) is 23.8 Å². The second kappa shape index (κ2) is 6.97. The van der Waals surface area contributed by atoms with Crippen molar-refractivity contribution in [1.29, 1.82) is 0 Å². The fraction of sp³-hybridized carbons (Fsp3) is 0.167. The Morgan fingerprint density at radius 1 is 1.27 bits per heavy atom. The van der Waals surface area contributed by atoms with Crippen LogP contribution in [0.3, 0.4) is 0 Å². The summed E-state index contributed by atoms with van der Waals surface area (Å²) in [6.45, 7) is 2.46. The number of hydrogen-bond acceptors (Lipinski definition) is 5. The smallest absolute Gasteiger partial charge is 0.261 e. The second-order valence-electron chi connectivity index (χ2n) is 5.83. The van der Waals surface area contributed by atoms with Gasteiger partial charge in [-0.25, -0.2) is 8.91 Å². The summed E-state index contributed by atoms with van der Waals surface area (Å²) in [5.41, 5.74) is 2.40. The van der Waals surface area contributed by atoms with Crippen molar-refractivity contribution in [2.24, 2.45) is 0 Å². The van der Waals surface area contributed by atoms with Crippen LogP contribution in [0.4, 0.5) is 4.39 Å². The highest BCUT2D eigenvalue weighted by Gasteiger charge is 2.14. The SMILES string of the molecule is Cc1csc(C(=O)NCCc2csc3nc(-c4ccccc4F)nn23)c1. The van der Waals surface area contributed by atoms with Gasteiger partial charge in [0.2, 0.25) is 4.96 Å². The van der Waals surface area contributed by atoms with Crippen molar-refractivity contribution in [1.82, 2.24) is 19.9 Å². The van der Waals surface area contributed by atoms with Crippen LogP contribution in [0, 0.1) is 12.7 Å². The normalized spacial score (nSPS) is 11.2. The summed E-state index contributed by atoms with van der Waals surface area (Å²) in [5, 5.41) is 11.3. The van der Waals surface area contributed by atoms with Gasteiger partial charge >= 0.3 is 0 Å². The highest BCUT2D eigenvalue weighted by atomic mass is 32.1. The number of rotatable bonds is 5. The molecule has 1 N–H and O–H groups in total. The number of thiophene rings is 1. The van der Waals surface area contributed by atoms with Crippen LogP contribution >= 0.6 is 22.7 Å². The number of fused-ring (bicyclic) bond motifs is 1. The fourth-order valence-corrected chi connectivity index (χ4v) is 4.27. The van der Waals surface area contributed by atoms with Crippen LogP contribution in [0.5, 0.6) is 0 Å². The van der Waals surface area contributed by atoms with Crippen LogP contribution in [-0.4, -0.2) is 27.0 Å². The third kappa shape index (κ3) is 3.25. The molecule has 0 fully saturated rings. The topological polar surface area (TPSA) is 59.3 Å². The van der Waals surface area contributed by atoms with E-state index in [2.05, 4.69) is 15.4 Å². The molecule has 0 bridgehead atoms. The maximum absolute atomic E-state index is 13.9. The van der Waals surface area contributed by atoms with E-state index in [9.17, 15) is 9.18 Å². The van der Waals surface area contributed by atoms with Gasteiger partial charge in [-0.2, -0.15) is 4.98 Å². The number of nitrogens with one attached hydrogen (secondary N) is 1. The van der Waals surface area contributed by atoms with Gasteiger partial charge in [-0.1, -0.05) is 12.1 Å². The summed E-state index contributed by atoms with van der Waals surface area (Å²) in [7, 11) is 0. The van der Waals surface area contributed by atoms with Gasteiger partial charge in [0.1, 0.15) is 5.82 Å². The van der Waals surface area contributed by atoms with Crippen molar-refractivity contribution in [2.45, 2.75) is 13.3 Å². The lowest BCUT2D eigenvalue weighted by atomic mass is 10.2. The molecule has 3 heterocycles. The zero-order valence-electron chi connectivity index (χ0n) is 13.9. The number of amides is 1. The molecule has 3 aromatic heterocycles. The van der Waals surface area contributed by atoms with Gasteiger partial charge < -0.3 is 5.32 Å². The van der Waals surface area contributed by atoms with Crippen LogP contribution in [0.25, 0.3) is 16.3 Å². The Morgan fingerprint density at radius 2 is 2.12 bits per heavy atom. The van der Waals surface area contributed by atoms with E-state index in [4.69, 9.17) is 0 Å². The quantitative estimate of drug-likeness (QED) is 0.565. The molecular weight excluding hydrogens is 371 g/mol. The molecule has 0 saturated heterocycles. The van der Waals surface area contributed by atoms with Crippen LogP contribution in [0.2, 0.25) is 0 Å². The monoisotopic (exact) mass is 386 g/mol. The Balaban J connectivity index is 1.47. The molecule has 0 aliphatic heterocycles. The first-order valence-electron chi connectivity index (χ1n) is 8.03. The molecule has 0 atom stereocenters. The molecule has 4 rings (SSSR count). The third-order valence-corrected chi connectivity index (χ3v) is 5.80. The number of halogens is 1. The van der Waals surface area contributed by atoms with E-state index < -0.39 is 0 Å². The summed E-state index contributed by atoms with van der Waals surface area (Å²) in [4.78, 5) is 17.9. The predicted octanol–water partition coefficient (Wildman–Crippen LogP) is 3.94. The average Bonchev–Trinajstić information content (AvgIpc) is 3.32. The first-order chi connectivity index (χ1) is 12.6. The molecular formula is C18H15FN4OS2. The van der Waals surface area contributed by atoms with Gasteiger partial charge in [0, 0.05) is 18.3 Å². The molecule has 132 valence electrons. The second-order valence-corrected chi connectivity index (χ2v) is 7.58. The zero-order valence-corrected chi connectivity index (χ0v) is 15.5. The number of carbonyl (C=O) groups is 1.